The monoisotopic (exact) mass is 563 g/mol. The van der Waals surface area contributed by atoms with Gasteiger partial charge in [0.1, 0.15) is 18.1 Å². The number of amides is 3. The van der Waals surface area contributed by atoms with Crippen LogP contribution in [-0.4, -0.2) is 57.9 Å². The van der Waals surface area contributed by atoms with Crippen molar-refractivity contribution in [3.8, 4) is 0 Å². The van der Waals surface area contributed by atoms with Gasteiger partial charge in [0.05, 0.1) is 6.04 Å². The highest BCUT2D eigenvalue weighted by atomic mass is 16.4. The van der Waals surface area contributed by atoms with Gasteiger partial charge in [0.15, 0.2) is 0 Å². The first-order valence-corrected chi connectivity index (χ1v) is 14.0. The Labute approximate surface area is 240 Å². The van der Waals surface area contributed by atoms with E-state index in [1.165, 1.54) is 0 Å². The summed E-state index contributed by atoms with van der Waals surface area (Å²) >= 11 is 0. The van der Waals surface area contributed by atoms with Crippen LogP contribution in [0.5, 0.6) is 0 Å². The lowest BCUT2D eigenvalue weighted by molar-refractivity contribution is -0.142. The van der Waals surface area contributed by atoms with Crippen LogP contribution in [0.2, 0.25) is 0 Å². The summed E-state index contributed by atoms with van der Waals surface area (Å²) in [5, 5.41) is 18.9. The number of hydrogen-bond acceptors (Lipinski definition) is 5. The molecule has 220 valence electrons. The highest BCUT2D eigenvalue weighted by Gasteiger charge is 2.32. The second-order valence-corrected chi connectivity index (χ2v) is 10.9. The minimum absolute atomic E-state index is 0.0509. The van der Waals surface area contributed by atoms with E-state index in [1.54, 1.807) is 20.0 Å². The fraction of sp³-hybridized carbons (Fsp3) is 0.419. The molecule has 2 aromatic carbocycles. The summed E-state index contributed by atoms with van der Waals surface area (Å²) in [6, 6.07) is 12.6. The van der Waals surface area contributed by atoms with Gasteiger partial charge in [-0.1, -0.05) is 82.6 Å². The predicted octanol–water partition coefficient (Wildman–Crippen LogP) is 2.52. The number of carbonyl (C=O) groups excluding carboxylic acids is 3. The second-order valence-electron chi connectivity index (χ2n) is 10.9. The summed E-state index contributed by atoms with van der Waals surface area (Å²) in [5.74, 6) is -3.20. The quantitative estimate of drug-likeness (QED) is 0.176. The maximum Gasteiger partial charge on any atom is 0.326 e. The second kappa shape index (κ2) is 14.5. The van der Waals surface area contributed by atoms with Crippen LogP contribution < -0.4 is 21.7 Å². The van der Waals surface area contributed by atoms with E-state index in [0.29, 0.717) is 6.42 Å². The summed E-state index contributed by atoms with van der Waals surface area (Å²) in [6.07, 6.45) is 2.62. The van der Waals surface area contributed by atoms with Crippen molar-refractivity contribution in [2.75, 3.05) is 0 Å². The van der Waals surface area contributed by atoms with E-state index < -0.39 is 47.9 Å². The number of carbonyl (C=O) groups is 4. The van der Waals surface area contributed by atoms with E-state index in [1.807, 2.05) is 68.4 Å². The number of carboxylic acid groups (broad SMARTS) is 1. The fourth-order valence-electron chi connectivity index (χ4n) is 4.61. The van der Waals surface area contributed by atoms with Crippen LogP contribution in [0.25, 0.3) is 10.9 Å². The number of hydrogen-bond donors (Lipinski definition) is 6. The van der Waals surface area contributed by atoms with Crippen molar-refractivity contribution in [3.63, 3.8) is 0 Å². The van der Waals surface area contributed by atoms with Crippen molar-refractivity contribution in [1.29, 1.82) is 0 Å². The Balaban J connectivity index is 1.80. The first kappa shape index (κ1) is 31.3. The molecule has 10 heteroatoms. The van der Waals surface area contributed by atoms with Crippen molar-refractivity contribution in [1.82, 2.24) is 20.9 Å². The highest BCUT2D eigenvalue weighted by Crippen LogP contribution is 2.19. The summed E-state index contributed by atoms with van der Waals surface area (Å²) in [4.78, 5) is 55.1. The van der Waals surface area contributed by atoms with Crippen LogP contribution in [-0.2, 0) is 32.0 Å². The van der Waals surface area contributed by atoms with Gasteiger partial charge >= 0.3 is 5.97 Å². The number of H-pyrrole nitrogens is 1. The minimum atomic E-state index is -1.23. The van der Waals surface area contributed by atoms with Crippen LogP contribution >= 0.6 is 0 Å². The highest BCUT2D eigenvalue weighted by molar-refractivity contribution is 5.94. The van der Waals surface area contributed by atoms with Crippen LogP contribution in [0.15, 0.2) is 60.8 Å². The van der Waals surface area contributed by atoms with Crippen LogP contribution in [0.4, 0.5) is 0 Å². The van der Waals surface area contributed by atoms with Gasteiger partial charge in [0, 0.05) is 29.9 Å². The molecule has 0 spiro atoms. The molecule has 0 aliphatic carbocycles. The van der Waals surface area contributed by atoms with E-state index in [0.717, 1.165) is 22.0 Å². The largest absolute Gasteiger partial charge is 0.480 e. The summed E-state index contributed by atoms with van der Waals surface area (Å²) in [6.45, 7) is 7.37. The summed E-state index contributed by atoms with van der Waals surface area (Å²) in [7, 11) is 0. The molecule has 41 heavy (non-hydrogen) atoms. The molecular weight excluding hydrogens is 522 g/mol. The molecule has 5 unspecified atom stereocenters. The van der Waals surface area contributed by atoms with E-state index in [-0.39, 0.29) is 24.7 Å². The number of rotatable bonds is 14. The van der Waals surface area contributed by atoms with E-state index in [2.05, 4.69) is 20.9 Å². The normalized spacial score (nSPS) is 15.0. The smallest absolute Gasteiger partial charge is 0.326 e. The van der Waals surface area contributed by atoms with Gasteiger partial charge in [-0.2, -0.15) is 0 Å². The van der Waals surface area contributed by atoms with E-state index >= 15 is 0 Å². The third kappa shape index (κ3) is 8.40. The van der Waals surface area contributed by atoms with Crippen LogP contribution in [0.1, 0.15) is 45.2 Å². The SMILES string of the molecule is CCC(C)C(N)C(=O)NC(C(=O)NC(Cc1ccccc1)C(=O)NC(Cc1c[nH]c2ccccc12)C(=O)O)C(C)C. The molecule has 0 fully saturated rings. The Morgan fingerprint density at radius 3 is 2.10 bits per heavy atom. The molecule has 1 aromatic heterocycles. The van der Waals surface area contributed by atoms with Crippen molar-refractivity contribution in [2.45, 2.75) is 71.1 Å². The van der Waals surface area contributed by atoms with E-state index in [4.69, 9.17) is 5.73 Å². The zero-order chi connectivity index (χ0) is 30.1. The Morgan fingerprint density at radius 2 is 1.46 bits per heavy atom. The van der Waals surface area contributed by atoms with Gasteiger partial charge in [0.2, 0.25) is 17.7 Å². The molecule has 3 aromatic rings. The molecule has 10 nitrogen and oxygen atoms in total. The summed E-state index contributed by atoms with van der Waals surface area (Å²) in [5.41, 5.74) is 8.47. The third-order valence-electron chi connectivity index (χ3n) is 7.44. The van der Waals surface area contributed by atoms with Crippen LogP contribution in [0.3, 0.4) is 0 Å². The average molecular weight is 564 g/mol. The van der Waals surface area contributed by atoms with Gasteiger partial charge in [-0.15, -0.1) is 0 Å². The number of carboxylic acids is 1. The van der Waals surface area contributed by atoms with Crippen molar-refractivity contribution in [3.05, 3.63) is 71.9 Å². The van der Waals surface area contributed by atoms with E-state index in [9.17, 15) is 24.3 Å². The Hall–Kier alpha value is -4.18. The number of aromatic amines is 1. The molecule has 0 saturated carbocycles. The van der Waals surface area contributed by atoms with Crippen molar-refractivity contribution < 1.29 is 24.3 Å². The molecule has 7 N–H and O–H groups in total. The number of nitrogens with one attached hydrogen (secondary N) is 4. The standard InChI is InChI=1S/C31H41N5O5/c1-5-19(4)26(32)29(38)36-27(18(2)3)30(39)34-24(15-20-11-7-6-8-12-20)28(37)35-25(31(40)41)16-21-17-33-23-14-10-9-13-22(21)23/h6-14,17-19,24-27,33H,5,15-16,32H2,1-4H3,(H,34,39)(H,35,37)(H,36,38)(H,40,41). The average Bonchev–Trinajstić information content (AvgIpc) is 3.37. The third-order valence-corrected chi connectivity index (χ3v) is 7.44. The molecule has 0 aliphatic heterocycles. The lowest BCUT2D eigenvalue weighted by Crippen LogP contribution is -2.59. The molecule has 0 saturated heterocycles. The molecule has 3 amide bonds. The maximum absolute atomic E-state index is 13.5. The van der Waals surface area contributed by atoms with Gasteiger partial charge in [-0.3, -0.25) is 14.4 Å². The first-order valence-electron chi connectivity index (χ1n) is 14.0. The fourth-order valence-corrected chi connectivity index (χ4v) is 4.61. The lowest BCUT2D eigenvalue weighted by Gasteiger charge is -2.28. The molecule has 0 radical (unpaired) electrons. The molecule has 0 aliphatic rings. The molecule has 3 rings (SSSR count). The van der Waals surface area contributed by atoms with Gasteiger partial charge in [-0.05, 0) is 29.0 Å². The maximum atomic E-state index is 13.5. The Bertz CT molecular complexity index is 1340. The number of fused-ring (bicyclic) bond motifs is 1. The van der Waals surface area contributed by atoms with Crippen molar-refractivity contribution in [2.24, 2.45) is 17.6 Å². The summed E-state index contributed by atoms with van der Waals surface area (Å²) < 4.78 is 0. The zero-order valence-electron chi connectivity index (χ0n) is 24.0. The number of para-hydroxylation sites is 1. The molecule has 1 heterocycles. The van der Waals surface area contributed by atoms with Gasteiger partial charge in [0.25, 0.3) is 0 Å². The zero-order valence-corrected chi connectivity index (χ0v) is 24.0. The molecule has 0 bridgehead atoms. The minimum Gasteiger partial charge on any atom is -0.480 e. The number of aliphatic carboxylic acids is 1. The predicted molar refractivity (Wildman–Crippen MR) is 158 cm³/mol. The van der Waals surface area contributed by atoms with Crippen molar-refractivity contribution >= 4 is 34.6 Å². The molecular formula is C31H41N5O5. The Kier molecular flexibility index (Phi) is 11.0. The van der Waals surface area contributed by atoms with Gasteiger partial charge < -0.3 is 31.8 Å². The number of benzene rings is 2. The van der Waals surface area contributed by atoms with Crippen LogP contribution in [0, 0.1) is 11.8 Å². The van der Waals surface area contributed by atoms with Gasteiger partial charge in [-0.25, -0.2) is 4.79 Å². The molecule has 5 atom stereocenters. The topological polar surface area (TPSA) is 166 Å². The lowest BCUT2D eigenvalue weighted by atomic mass is 9.97. The number of aromatic nitrogens is 1. The number of nitrogens with two attached hydrogens (primary N) is 1. The Morgan fingerprint density at radius 1 is 0.829 bits per heavy atom. The first-order chi connectivity index (χ1) is 19.5.